The molecule has 1 atom stereocenters. The number of halogens is 15. The molecule has 6 aromatic carbocycles. The van der Waals surface area contributed by atoms with E-state index in [2.05, 4.69) is 147 Å². The van der Waals surface area contributed by atoms with Gasteiger partial charge < -0.3 is 0 Å². The van der Waals surface area contributed by atoms with Gasteiger partial charge in [0.25, 0.3) is 0 Å². The van der Waals surface area contributed by atoms with Gasteiger partial charge in [0.1, 0.15) is 29.1 Å². The molecule has 0 heterocycles. The lowest BCUT2D eigenvalue weighted by Crippen LogP contribution is -1.85. The summed E-state index contributed by atoms with van der Waals surface area (Å²) in [6, 6.07) is 34.5. The van der Waals surface area contributed by atoms with Crippen molar-refractivity contribution in [2.75, 3.05) is 0 Å². The van der Waals surface area contributed by atoms with Crippen LogP contribution in [0, 0.1) is 36.0 Å². The number of rotatable bonds is 6. The Bertz CT molecular complexity index is 1960. The zero-order valence-electron chi connectivity index (χ0n) is 31.3. The molecule has 6 aromatic rings. The van der Waals surface area contributed by atoms with Crippen LogP contribution in [0.2, 0.25) is 5.02 Å². The lowest BCUT2D eigenvalue weighted by atomic mass is 10.2. The van der Waals surface area contributed by atoms with Gasteiger partial charge in [-0.2, -0.15) is 0 Å². The molecule has 0 spiro atoms. The molecule has 0 saturated heterocycles. The standard InChI is InChI=1S/C8H8Br2.C8H8FI.2C7H5Br2F.C7H5BrClF.C7H6ClF/c1-6(9)7-4-2-3-5-8(7)10;1-6-2-3-7(5-10)8(9)4-6;3*8-4-5-6(9)2-1-3-7(5)10;8-5-6-3-1-2-4-7(6)9/h2-6H,1H3;2-4H,5H2,1H3;3*1-3H,4H2;1-4H,5H2. The van der Waals surface area contributed by atoms with E-state index in [4.69, 9.17) is 23.2 Å². The van der Waals surface area contributed by atoms with Crippen molar-refractivity contribution < 1.29 is 22.0 Å². The Hall–Kier alpha value is -0.360. The van der Waals surface area contributed by atoms with Crippen LogP contribution in [0.5, 0.6) is 0 Å². The number of aryl methyl sites for hydroxylation is 1. The first-order chi connectivity index (χ1) is 28.1. The van der Waals surface area contributed by atoms with Crippen LogP contribution in [-0.2, 0) is 26.3 Å². The van der Waals surface area contributed by atoms with E-state index in [-0.39, 0.29) is 35.0 Å². The first kappa shape index (κ1) is 56.7. The van der Waals surface area contributed by atoms with Crippen molar-refractivity contribution in [1.82, 2.24) is 0 Å². The van der Waals surface area contributed by atoms with E-state index in [9.17, 15) is 22.0 Å². The molecule has 1 unspecified atom stereocenters. The molecule has 0 aromatic heterocycles. The van der Waals surface area contributed by atoms with Crippen molar-refractivity contribution in [2.24, 2.45) is 0 Å². The van der Waals surface area contributed by atoms with E-state index in [1.807, 2.05) is 49.4 Å². The summed E-state index contributed by atoms with van der Waals surface area (Å²) in [6.07, 6.45) is 0. The highest BCUT2D eigenvalue weighted by Gasteiger charge is 2.05. The van der Waals surface area contributed by atoms with Gasteiger partial charge in [-0.25, -0.2) is 22.0 Å². The molecule has 318 valence electrons. The fraction of sp³-hybridized carbons (Fsp3) is 0.182. The number of alkyl halides is 6. The fourth-order valence-electron chi connectivity index (χ4n) is 4.15. The third-order valence-electron chi connectivity index (χ3n) is 7.37. The van der Waals surface area contributed by atoms with Gasteiger partial charge in [0.2, 0.25) is 0 Å². The van der Waals surface area contributed by atoms with Gasteiger partial charge in [0.15, 0.2) is 0 Å². The predicted molar refractivity (Wildman–Crippen MR) is 274 cm³/mol. The molecule has 0 radical (unpaired) electrons. The van der Waals surface area contributed by atoms with Gasteiger partial charge in [-0.1, -0.05) is 212 Å². The van der Waals surface area contributed by atoms with E-state index >= 15 is 0 Å². The van der Waals surface area contributed by atoms with Gasteiger partial charge in [-0.3, -0.25) is 0 Å². The van der Waals surface area contributed by atoms with Crippen LogP contribution >= 0.6 is 157 Å². The maximum Gasteiger partial charge on any atom is 0.128 e. The predicted octanol–water partition coefficient (Wildman–Crippen LogP) is 19.9. The molecular weight excluding hydrogens is 1380 g/mol. The van der Waals surface area contributed by atoms with Gasteiger partial charge in [-0.15, -0.1) is 11.6 Å². The average molecular weight is 1420 g/mol. The highest BCUT2D eigenvalue weighted by Crippen LogP contribution is 2.28. The topological polar surface area (TPSA) is 0 Å². The van der Waals surface area contributed by atoms with E-state index < -0.39 is 0 Å². The molecule has 15 heteroatoms. The molecule has 0 N–H and O–H groups in total. The van der Waals surface area contributed by atoms with Crippen molar-refractivity contribution in [1.29, 1.82) is 0 Å². The summed E-state index contributed by atoms with van der Waals surface area (Å²) >= 11 is 36.2. The average Bonchev–Trinajstić information content (AvgIpc) is 3.20. The Morgan fingerprint density at radius 2 is 0.983 bits per heavy atom. The van der Waals surface area contributed by atoms with Gasteiger partial charge in [0, 0.05) is 65.9 Å². The molecule has 0 bridgehead atoms. The highest BCUT2D eigenvalue weighted by atomic mass is 127. The van der Waals surface area contributed by atoms with E-state index in [0.717, 1.165) is 24.5 Å². The summed E-state index contributed by atoms with van der Waals surface area (Å²) in [7, 11) is 0. The molecule has 59 heavy (non-hydrogen) atoms. The molecule has 0 fully saturated rings. The second-order valence-electron chi connectivity index (χ2n) is 11.6. The summed E-state index contributed by atoms with van der Waals surface area (Å²) in [5.74, 6) is -0.684. The molecule has 0 aliphatic heterocycles. The Morgan fingerprint density at radius 3 is 1.32 bits per heavy atom. The van der Waals surface area contributed by atoms with Crippen LogP contribution in [-0.4, -0.2) is 0 Å². The Kier molecular flexibility index (Phi) is 31.0. The molecule has 0 saturated carbocycles. The normalized spacial score (nSPS) is 10.4. The van der Waals surface area contributed by atoms with Crippen molar-refractivity contribution in [3.05, 3.63) is 208 Å². The second-order valence-corrected chi connectivity index (χ2v) is 18.6. The van der Waals surface area contributed by atoms with Gasteiger partial charge in [-0.05, 0) is 85.1 Å². The Morgan fingerprint density at radius 1 is 0.542 bits per heavy atom. The van der Waals surface area contributed by atoms with Crippen LogP contribution in [0.3, 0.4) is 0 Å². The van der Waals surface area contributed by atoms with E-state index in [1.165, 1.54) is 34.3 Å². The third-order valence-corrected chi connectivity index (χ3v) is 13.2. The zero-order chi connectivity index (χ0) is 44.5. The summed E-state index contributed by atoms with van der Waals surface area (Å²) in [5.41, 5.74) is 5.47. The summed E-state index contributed by atoms with van der Waals surface area (Å²) in [5, 5.41) is 2.01. The fourth-order valence-corrected chi connectivity index (χ4v) is 10.1. The van der Waals surface area contributed by atoms with Crippen LogP contribution in [0.25, 0.3) is 0 Å². The Labute approximate surface area is 426 Å². The summed E-state index contributed by atoms with van der Waals surface area (Å²) in [4.78, 5) is 0.420. The minimum atomic E-state index is -0.260. The first-order valence-corrected chi connectivity index (χ1v) is 26.1. The van der Waals surface area contributed by atoms with Gasteiger partial charge >= 0.3 is 0 Å². The number of benzene rings is 6. The maximum atomic E-state index is 12.8. The largest absolute Gasteiger partial charge is 0.207 e. The SMILES string of the molecule is CC(Br)c1ccccc1Br.Cc1ccc(CI)c(F)c1.Fc1cccc(Br)c1CBr.Fc1cccc(Br)c1CBr.Fc1cccc(Cl)c1CBr.Fc1ccccc1CCl. The van der Waals surface area contributed by atoms with Crippen LogP contribution in [0.4, 0.5) is 22.0 Å². The monoisotopic (exact) mass is 1410 g/mol. The van der Waals surface area contributed by atoms with Crippen molar-refractivity contribution in [3.8, 4) is 0 Å². The minimum absolute atomic E-state index is 0.0885. The molecule has 6 rings (SSSR count). The molecule has 0 nitrogen and oxygen atoms in total. The quantitative estimate of drug-likeness (QED) is 0.0886. The lowest BCUT2D eigenvalue weighted by molar-refractivity contribution is 0.616. The van der Waals surface area contributed by atoms with E-state index in [0.29, 0.717) is 48.1 Å². The van der Waals surface area contributed by atoms with Crippen molar-refractivity contribution >= 4 is 157 Å². The maximum absolute atomic E-state index is 12.8. The lowest BCUT2D eigenvalue weighted by Gasteiger charge is -2.04. The summed E-state index contributed by atoms with van der Waals surface area (Å²) < 4.78 is 67.2. The molecular formula is C44H37Br7Cl2F5I. The number of hydrogen-bond acceptors (Lipinski definition) is 0. The van der Waals surface area contributed by atoms with E-state index in [1.54, 1.807) is 48.5 Å². The summed E-state index contributed by atoms with van der Waals surface area (Å²) in [6.45, 7) is 4.00. The Balaban J connectivity index is 0.000000354. The highest BCUT2D eigenvalue weighted by molar-refractivity contribution is 14.1. The third kappa shape index (κ3) is 21.7. The minimum Gasteiger partial charge on any atom is -0.207 e. The first-order valence-electron chi connectivity index (χ1n) is 17.0. The van der Waals surface area contributed by atoms with Crippen LogP contribution in [0.15, 0.2) is 135 Å². The van der Waals surface area contributed by atoms with Crippen LogP contribution < -0.4 is 0 Å². The van der Waals surface area contributed by atoms with Crippen molar-refractivity contribution in [3.63, 3.8) is 0 Å². The van der Waals surface area contributed by atoms with Crippen LogP contribution in [0.1, 0.15) is 50.7 Å². The zero-order valence-corrected chi connectivity index (χ0v) is 46.1. The van der Waals surface area contributed by atoms with Gasteiger partial charge in [0.05, 0.1) is 5.88 Å². The number of hydrogen-bond donors (Lipinski definition) is 0. The molecule has 0 aliphatic carbocycles. The second kappa shape index (κ2) is 32.3. The van der Waals surface area contributed by atoms with Crippen molar-refractivity contribution in [2.45, 2.75) is 45.0 Å². The molecule has 0 amide bonds. The molecule has 0 aliphatic rings. The smallest absolute Gasteiger partial charge is 0.128 e.